The van der Waals surface area contributed by atoms with E-state index in [2.05, 4.69) is 52.0 Å². The molecule has 1 unspecified atom stereocenters. The van der Waals surface area contributed by atoms with Crippen LogP contribution in [0.25, 0.3) is 0 Å². The van der Waals surface area contributed by atoms with Gasteiger partial charge in [-0.1, -0.05) is 0 Å². The van der Waals surface area contributed by atoms with Crippen LogP contribution < -0.4 is 10.2 Å². The van der Waals surface area contributed by atoms with E-state index in [1.54, 1.807) is 0 Å². The van der Waals surface area contributed by atoms with Gasteiger partial charge in [0.25, 0.3) is 0 Å². The van der Waals surface area contributed by atoms with Crippen molar-refractivity contribution in [2.24, 2.45) is 0 Å². The van der Waals surface area contributed by atoms with Gasteiger partial charge in [-0.2, -0.15) is 0 Å². The fourth-order valence-corrected chi connectivity index (χ4v) is 2.24. The van der Waals surface area contributed by atoms with E-state index in [9.17, 15) is 0 Å². The smallest absolute Gasteiger partial charge is 0.134 e. The molecule has 5 heteroatoms. The Balaban J connectivity index is 2.17. The summed E-state index contributed by atoms with van der Waals surface area (Å²) in [5, 5.41) is 3.26. The van der Waals surface area contributed by atoms with Crippen molar-refractivity contribution in [1.29, 1.82) is 0 Å². The van der Waals surface area contributed by atoms with Gasteiger partial charge in [-0.25, -0.2) is 9.97 Å². The maximum absolute atomic E-state index is 4.56. The molecule has 2 heterocycles. The van der Waals surface area contributed by atoms with Crippen LogP contribution in [0.4, 0.5) is 11.6 Å². The van der Waals surface area contributed by atoms with Gasteiger partial charge >= 0.3 is 0 Å². The first kappa shape index (κ1) is 13.1. The molecule has 0 bridgehead atoms. The Hall–Kier alpha value is -1.36. The van der Waals surface area contributed by atoms with E-state index in [0.717, 1.165) is 43.6 Å². The Kier molecular flexibility index (Phi) is 4.01. The van der Waals surface area contributed by atoms with E-state index < -0.39 is 0 Å². The van der Waals surface area contributed by atoms with Crippen LogP contribution >= 0.6 is 0 Å². The monoisotopic (exact) mass is 249 g/mol. The van der Waals surface area contributed by atoms with E-state index in [0.29, 0.717) is 6.04 Å². The second-order valence-electron chi connectivity index (χ2n) is 4.96. The minimum Gasteiger partial charge on any atom is -0.370 e. The molecular weight excluding hydrogens is 226 g/mol. The molecule has 2 rings (SSSR count). The Bertz CT molecular complexity index is 406. The lowest BCUT2D eigenvalue weighted by Gasteiger charge is -2.38. The van der Waals surface area contributed by atoms with E-state index in [1.807, 2.05) is 6.92 Å². The summed E-state index contributed by atoms with van der Waals surface area (Å²) in [6, 6.07) is 2.62. The molecule has 1 aromatic heterocycles. The first-order valence-corrected chi connectivity index (χ1v) is 6.65. The lowest BCUT2D eigenvalue weighted by atomic mass is 10.2. The maximum Gasteiger partial charge on any atom is 0.134 e. The van der Waals surface area contributed by atoms with Crippen LogP contribution in [0.1, 0.15) is 19.7 Å². The SMILES string of the molecule is CCNc1cc(N2CCN(C)C(C)C2)nc(C)n1. The number of piperazine rings is 1. The van der Waals surface area contributed by atoms with Crippen molar-refractivity contribution in [2.75, 3.05) is 43.4 Å². The highest BCUT2D eigenvalue weighted by Gasteiger charge is 2.22. The number of nitrogens with zero attached hydrogens (tertiary/aromatic N) is 4. The summed E-state index contributed by atoms with van der Waals surface area (Å²) >= 11 is 0. The number of aryl methyl sites for hydroxylation is 1. The molecule has 0 spiro atoms. The predicted octanol–water partition coefficient (Wildman–Crippen LogP) is 1.36. The van der Waals surface area contributed by atoms with Crippen LogP contribution in [0.15, 0.2) is 6.07 Å². The molecule has 1 aliphatic heterocycles. The lowest BCUT2D eigenvalue weighted by Crippen LogP contribution is -2.50. The first-order chi connectivity index (χ1) is 8.60. The van der Waals surface area contributed by atoms with Gasteiger partial charge in [0.15, 0.2) is 0 Å². The van der Waals surface area contributed by atoms with Gasteiger partial charge in [-0.15, -0.1) is 0 Å². The van der Waals surface area contributed by atoms with Crippen molar-refractivity contribution in [3.8, 4) is 0 Å². The van der Waals surface area contributed by atoms with Crippen LogP contribution in [0.5, 0.6) is 0 Å². The Labute approximate surface area is 109 Å². The molecule has 1 fully saturated rings. The molecule has 1 aromatic rings. The lowest BCUT2D eigenvalue weighted by molar-refractivity contribution is 0.233. The van der Waals surface area contributed by atoms with E-state index in [4.69, 9.17) is 0 Å². The van der Waals surface area contributed by atoms with E-state index >= 15 is 0 Å². The summed E-state index contributed by atoms with van der Waals surface area (Å²) < 4.78 is 0. The minimum atomic E-state index is 0.566. The molecular formula is C13H23N5. The average Bonchev–Trinajstić information content (AvgIpc) is 2.32. The normalized spacial score (nSPS) is 21.1. The van der Waals surface area contributed by atoms with E-state index in [1.165, 1.54) is 0 Å². The summed E-state index contributed by atoms with van der Waals surface area (Å²) in [7, 11) is 2.18. The Morgan fingerprint density at radius 1 is 1.39 bits per heavy atom. The summed E-state index contributed by atoms with van der Waals surface area (Å²) in [5.41, 5.74) is 0. The molecule has 1 N–H and O–H groups in total. The van der Waals surface area contributed by atoms with E-state index in [-0.39, 0.29) is 0 Å². The molecule has 1 saturated heterocycles. The second-order valence-corrected chi connectivity index (χ2v) is 4.96. The summed E-state index contributed by atoms with van der Waals surface area (Å²) in [4.78, 5) is 13.7. The van der Waals surface area contributed by atoms with Crippen LogP contribution in [0.2, 0.25) is 0 Å². The van der Waals surface area contributed by atoms with Crippen LogP contribution in [0, 0.1) is 6.92 Å². The van der Waals surface area contributed by atoms with Gasteiger partial charge in [0, 0.05) is 38.3 Å². The molecule has 18 heavy (non-hydrogen) atoms. The molecule has 0 aliphatic carbocycles. The average molecular weight is 249 g/mol. The van der Waals surface area contributed by atoms with Crippen LogP contribution in [0.3, 0.4) is 0 Å². The molecule has 0 aromatic carbocycles. The van der Waals surface area contributed by atoms with Gasteiger partial charge in [-0.05, 0) is 27.8 Å². The number of rotatable bonds is 3. The van der Waals surface area contributed by atoms with Gasteiger partial charge in [-0.3, -0.25) is 0 Å². The largest absolute Gasteiger partial charge is 0.370 e. The number of hydrogen-bond donors (Lipinski definition) is 1. The standard InChI is InChI=1S/C13H23N5/c1-5-14-12-8-13(16-11(3)15-12)18-7-6-17(4)10(2)9-18/h8,10H,5-7,9H2,1-4H3,(H,14,15,16). The molecule has 0 radical (unpaired) electrons. The molecule has 5 nitrogen and oxygen atoms in total. The predicted molar refractivity (Wildman–Crippen MR) is 75.2 cm³/mol. The highest BCUT2D eigenvalue weighted by Crippen LogP contribution is 2.19. The fourth-order valence-electron chi connectivity index (χ4n) is 2.24. The van der Waals surface area contributed by atoms with Crippen LogP contribution in [-0.2, 0) is 0 Å². The second kappa shape index (κ2) is 5.52. The molecule has 0 saturated carbocycles. The number of aromatic nitrogens is 2. The number of likely N-dealkylation sites (N-methyl/N-ethyl adjacent to an activating group) is 1. The number of hydrogen-bond acceptors (Lipinski definition) is 5. The number of nitrogens with one attached hydrogen (secondary N) is 1. The number of anilines is 2. The third-order valence-corrected chi connectivity index (χ3v) is 3.47. The zero-order valence-corrected chi connectivity index (χ0v) is 11.8. The molecule has 100 valence electrons. The summed E-state index contributed by atoms with van der Waals surface area (Å²) in [6.45, 7) is 10.3. The molecule has 0 amide bonds. The Morgan fingerprint density at radius 3 is 2.83 bits per heavy atom. The van der Waals surface area contributed by atoms with Crippen LogP contribution in [-0.4, -0.2) is 54.1 Å². The highest BCUT2D eigenvalue weighted by molar-refractivity contribution is 5.49. The minimum absolute atomic E-state index is 0.566. The maximum atomic E-state index is 4.56. The molecule has 1 aliphatic rings. The zero-order chi connectivity index (χ0) is 13.1. The molecule has 1 atom stereocenters. The van der Waals surface area contributed by atoms with Gasteiger partial charge in [0.1, 0.15) is 17.5 Å². The zero-order valence-electron chi connectivity index (χ0n) is 11.8. The van der Waals surface area contributed by atoms with Crippen molar-refractivity contribution in [1.82, 2.24) is 14.9 Å². The van der Waals surface area contributed by atoms with Crippen molar-refractivity contribution >= 4 is 11.6 Å². The first-order valence-electron chi connectivity index (χ1n) is 6.65. The highest BCUT2D eigenvalue weighted by atomic mass is 15.3. The van der Waals surface area contributed by atoms with Crippen molar-refractivity contribution in [2.45, 2.75) is 26.8 Å². The quantitative estimate of drug-likeness (QED) is 0.876. The third-order valence-electron chi connectivity index (χ3n) is 3.47. The third kappa shape index (κ3) is 2.90. The van der Waals surface area contributed by atoms with Gasteiger partial charge in [0.05, 0.1) is 0 Å². The Morgan fingerprint density at radius 2 is 2.17 bits per heavy atom. The summed E-state index contributed by atoms with van der Waals surface area (Å²) in [5.74, 6) is 2.79. The summed E-state index contributed by atoms with van der Waals surface area (Å²) in [6.07, 6.45) is 0. The topological polar surface area (TPSA) is 44.3 Å². The van der Waals surface area contributed by atoms with Gasteiger partial charge < -0.3 is 15.1 Å². The van der Waals surface area contributed by atoms with Gasteiger partial charge in [0.2, 0.25) is 0 Å². The van der Waals surface area contributed by atoms with Crippen molar-refractivity contribution < 1.29 is 0 Å². The van der Waals surface area contributed by atoms with Crippen molar-refractivity contribution in [3.05, 3.63) is 11.9 Å². The van der Waals surface area contributed by atoms with Crippen molar-refractivity contribution in [3.63, 3.8) is 0 Å². The fraction of sp³-hybridized carbons (Fsp3) is 0.692.